The SMILES string of the molecule is COCc1nnc(N2CCC(Oc3ccc(Cl)cn3)CC2)s1. The Kier molecular flexibility index (Phi) is 5.07. The molecule has 118 valence electrons. The van der Waals surface area contributed by atoms with Crippen molar-refractivity contribution in [3.05, 3.63) is 28.4 Å². The van der Waals surface area contributed by atoms with Gasteiger partial charge in [0.25, 0.3) is 0 Å². The van der Waals surface area contributed by atoms with Gasteiger partial charge in [-0.05, 0) is 6.07 Å². The van der Waals surface area contributed by atoms with Crippen molar-refractivity contribution in [1.82, 2.24) is 15.2 Å². The molecule has 0 unspecified atom stereocenters. The Labute approximate surface area is 138 Å². The molecule has 0 bridgehead atoms. The highest BCUT2D eigenvalue weighted by atomic mass is 35.5. The molecule has 3 heterocycles. The minimum Gasteiger partial charge on any atom is -0.474 e. The predicted octanol–water partition coefficient (Wildman–Crippen LogP) is 2.78. The molecule has 0 spiro atoms. The van der Waals surface area contributed by atoms with Gasteiger partial charge in [-0.25, -0.2) is 4.98 Å². The maximum Gasteiger partial charge on any atom is 0.213 e. The highest BCUT2D eigenvalue weighted by Gasteiger charge is 2.23. The summed E-state index contributed by atoms with van der Waals surface area (Å²) in [4.78, 5) is 6.41. The molecular formula is C14H17ClN4O2S. The molecule has 3 rings (SSSR count). The van der Waals surface area contributed by atoms with E-state index in [-0.39, 0.29) is 6.10 Å². The topological polar surface area (TPSA) is 60.4 Å². The van der Waals surface area contributed by atoms with Crippen LogP contribution in [0.15, 0.2) is 18.3 Å². The number of hydrogen-bond acceptors (Lipinski definition) is 7. The van der Waals surface area contributed by atoms with Crippen molar-refractivity contribution in [3.8, 4) is 5.88 Å². The molecule has 0 N–H and O–H groups in total. The van der Waals surface area contributed by atoms with E-state index in [9.17, 15) is 0 Å². The van der Waals surface area contributed by atoms with E-state index in [4.69, 9.17) is 21.1 Å². The number of rotatable bonds is 5. The summed E-state index contributed by atoms with van der Waals surface area (Å²) in [6.45, 7) is 2.32. The number of aromatic nitrogens is 3. The lowest BCUT2D eigenvalue weighted by molar-refractivity contribution is 0.164. The average Bonchev–Trinajstić information content (AvgIpc) is 2.99. The van der Waals surface area contributed by atoms with Gasteiger partial charge in [-0.15, -0.1) is 10.2 Å². The molecule has 22 heavy (non-hydrogen) atoms. The lowest BCUT2D eigenvalue weighted by atomic mass is 10.1. The van der Waals surface area contributed by atoms with Crippen molar-refractivity contribution >= 4 is 28.1 Å². The monoisotopic (exact) mass is 340 g/mol. The molecule has 2 aromatic heterocycles. The number of hydrogen-bond donors (Lipinski definition) is 0. The fourth-order valence-electron chi connectivity index (χ4n) is 2.32. The van der Waals surface area contributed by atoms with Gasteiger partial charge < -0.3 is 14.4 Å². The van der Waals surface area contributed by atoms with Crippen molar-refractivity contribution in [3.63, 3.8) is 0 Å². The maximum atomic E-state index is 5.89. The van der Waals surface area contributed by atoms with E-state index in [1.54, 1.807) is 36.8 Å². The Morgan fingerprint density at radius 3 is 2.82 bits per heavy atom. The van der Waals surface area contributed by atoms with Crippen molar-refractivity contribution in [2.45, 2.75) is 25.6 Å². The number of methoxy groups -OCH3 is 1. The summed E-state index contributed by atoms with van der Waals surface area (Å²) in [5.41, 5.74) is 0. The highest BCUT2D eigenvalue weighted by molar-refractivity contribution is 7.15. The lowest BCUT2D eigenvalue weighted by Gasteiger charge is -2.31. The Bertz CT molecular complexity index is 599. The van der Waals surface area contributed by atoms with Crippen molar-refractivity contribution in [1.29, 1.82) is 0 Å². The van der Waals surface area contributed by atoms with E-state index in [1.165, 1.54) is 0 Å². The van der Waals surface area contributed by atoms with E-state index < -0.39 is 0 Å². The first kappa shape index (κ1) is 15.5. The molecule has 1 fully saturated rings. The van der Waals surface area contributed by atoms with Gasteiger partial charge in [0, 0.05) is 45.3 Å². The second-order valence-corrected chi connectivity index (χ2v) is 6.51. The van der Waals surface area contributed by atoms with E-state index in [2.05, 4.69) is 20.1 Å². The molecule has 1 aliphatic heterocycles. The van der Waals surface area contributed by atoms with E-state index in [1.807, 2.05) is 0 Å². The van der Waals surface area contributed by atoms with Gasteiger partial charge in [-0.2, -0.15) is 0 Å². The van der Waals surface area contributed by atoms with E-state index >= 15 is 0 Å². The van der Waals surface area contributed by atoms with Crippen LogP contribution in [0, 0.1) is 0 Å². The van der Waals surface area contributed by atoms with Crippen molar-refractivity contribution < 1.29 is 9.47 Å². The summed E-state index contributed by atoms with van der Waals surface area (Å²) in [5.74, 6) is 0.626. The zero-order chi connectivity index (χ0) is 15.4. The van der Waals surface area contributed by atoms with Gasteiger partial charge in [0.1, 0.15) is 17.7 Å². The molecule has 0 atom stereocenters. The van der Waals surface area contributed by atoms with Crippen LogP contribution in [0.5, 0.6) is 5.88 Å². The Morgan fingerprint density at radius 2 is 2.14 bits per heavy atom. The average molecular weight is 341 g/mol. The van der Waals surface area contributed by atoms with Crippen LogP contribution in [0.1, 0.15) is 17.8 Å². The molecule has 0 saturated carbocycles. The van der Waals surface area contributed by atoms with Crippen LogP contribution >= 0.6 is 22.9 Å². The van der Waals surface area contributed by atoms with Gasteiger partial charge in [0.15, 0.2) is 0 Å². The van der Waals surface area contributed by atoms with Crippen molar-refractivity contribution in [2.24, 2.45) is 0 Å². The van der Waals surface area contributed by atoms with Crippen LogP contribution in [-0.4, -0.2) is 41.5 Å². The van der Waals surface area contributed by atoms with E-state index in [0.29, 0.717) is 17.5 Å². The summed E-state index contributed by atoms with van der Waals surface area (Å²) >= 11 is 7.40. The van der Waals surface area contributed by atoms with Crippen LogP contribution in [0.2, 0.25) is 5.02 Å². The number of halogens is 1. The molecule has 2 aromatic rings. The van der Waals surface area contributed by atoms with Crippen LogP contribution in [0.4, 0.5) is 5.13 Å². The second kappa shape index (κ2) is 7.21. The van der Waals surface area contributed by atoms with Crippen molar-refractivity contribution in [2.75, 3.05) is 25.1 Å². The largest absolute Gasteiger partial charge is 0.474 e. The molecule has 0 aliphatic carbocycles. The minimum atomic E-state index is 0.177. The maximum absolute atomic E-state index is 5.89. The van der Waals surface area contributed by atoms with Crippen LogP contribution in [0.25, 0.3) is 0 Å². The van der Waals surface area contributed by atoms with Gasteiger partial charge in [-0.1, -0.05) is 22.9 Å². The summed E-state index contributed by atoms with van der Waals surface area (Å²) in [5, 5.41) is 10.8. The molecule has 1 aliphatic rings. The Hall–Kier alpha value is -1.44. The van der Waals surface area contributed by atoms with Gasteiger partial charge in [0.2, 0.25) is 11.0 Å². The molecule has 0 amide bonds. The normalized spacial score (nSPS) is 16.0. The quantitative estimate of drug-likeness (QED) is 0.834. The zero-order valence-corrected chi connectivity index (χ0v) is 13.8. The lowest BCUT2D eigenvalue weighted by Crippen LogP contribution is -2.38. The van der Waals surface area contributed by atoms with Crippen LogP contribution < -0.4 is 9.64 Å². The second-order valence-electron chi connectivity index (χ2n) is 5.03. The molecule has 0 radical (unpaired) electrons. The smallest absolute Gasteiger partial charge is 0.213 e. The highest BCUT2D eigenvalue weighted by Crippen LogP contribution is 2.25. The summed E-state index contributed by atoms with van der Waals surface area (Å²) in [6.07, 6.45) is 3.65. The fraction of sp³-hybridized carbons (Fsp3) is 0.500. The first-order chi connectivity index (χ1) is 10.7. The Morgan fingerprint density at radius 1 is 1.32 bits per heavy atom. The third-order valence-corrected chi connectivity index (χ3v) is 4.61. The molecular weight excluding hydrogens is 324 g/mol. The number of ether oxygens (including phenoxy) is 2. The fourth-order valence-corrected chi connectivity index (χ4v) is 3.30. The third-order valence-electron chi connectivity index (χ3n) is 3.42. The van der Waals surface area contributed by atoms with Gasteiger partial charge in [0.05, 0.1) is 5.02 Å². The van der Waals surface area contributed by atoms with E-state index in [0.717, 1.165) is 36.1 Å². The summed E-state index contributed by atoms with van der Waals surface area (Å²) in [6, 6.07) is 3.59. The standard InChI is InChI=1S/C14H17ClN4O2S/c1-20-9-13-17-18-14(22-13)19-6-4-11(5-7-19)21-12-3-2-10(15)8-16-12/h2-3,8,11H,4-7,9H2,1H3. The zero-order valence-electron chi connectivity index (χ0n) is 12.2. The van der Waals surface area contributed by atoms with Crippen LogP contribution in [-0.2, 0) is 11.3 Å². The van der Waals surface area contributed by atoms with Gasteiger partial charge in [-0.3, -0.25) is 0 Å². The molecule has 1 saturated heterocycles. The molecule has 0 aromatic carbocycles. The first-order valence-electron chi connectivity index (χ1n) is 7.09. The summed E-state index contributed by atoms with van der Waals surface area (Å²) in [7, 11) is 1.66. The molecule has 6 nitrogen and oxygen atoms in total. The van der Waals surface area contributed by atoms with Crippen LogP contribution in [0.3, 0.4) is 0 Å². The first-order valence-corrected chi connectivity index (χ1v) is 8.28. The number of anilines is 1. The molecule has 8 heteroatoms. The third kappa shape index (κ3) is 3.85. The number of piperidine rings is 1. The minimum absolute atomic E-state index is 0.177. The van der Waals surface area contributed by atoms with Gasteiger partial charge >= 0.3 is 0 Å². The number of pyridine rings is 1. The summed E-state index contributed by atoms with van der Waals surface area (Å²) < 4.78 is 11.0. The number of nitrogens with zero attached hydrogens (tertiary/aromatic N) is 4. The predicted molar refractivity (Wildman–Crippen MR) is 85.7 cm³/mol. The Balaban J connectivity index is 1.52.